The van der Waals surface area contributed by atoms with Gasteiger partial charge in [0.15, 0.2) is 18.9 Å². The zero-order valence-corrected chi connectivity index (χ0v) is 45.1. The second-order valence-corrected chi connectivity index (χ2v) is 26.3. The molecule has 0 spiro atoms. The van der Waals surface area contributed by atoms with Gasteiger partial charge in [0.05, 0.1) is 37.4 Å². The van der Waals surface area contributed by atoms with E-state index in [1.165, 1.54) is 12.5 Å². The summed E-state index contributed by atoms with van der Waals surface area (Å²) in [5.41, 5.74) is -1.13. The van der Waals surface area contributed by atoms with Gasteiger partial charge in [-0.25, -0.2) is 0 Å². The summed E-state index contributed by atoms with van der Waals surface area (Å²) in [6, 6.07) is 0. The van der Waals surface area contributed by atoms with Gasteiger partial charge < -0.3 is 104 Å². The third kappa shape index (κ3) is 9.57. The molecule has 5 aliphatic carbocycles. The summed E-state index contributed by atoms with van der Waals surface area (Å²) in [6.45, 7) is 15.6. The number of aliphatic hydroxyl groups is 13. The molecule has 22 heteroatoms. The first kappa shape index (κ1) is 59.0. The topological polar surface area (TPSA) is 354 Å². The monoisotopic (exact) mass is 1090 g/mol. The summed E-state index contributed by atoms with van der Waals surface area (Å²) < 4.78 is 47.9. The first-order valence-electron chi connectivity index (χ1n) is 27.7. The molecule has 4 saturated heterocycles. The van der Waals surface area contributed by atoms with Crippen LogP contribution in [0, 0.1) is 50.2 Å². The Morgan fingerprint density at radius 1 is 0.579 bits per heavy atom. The molecule has 436 valence electrons. The number of aliphatic hydroxyl groups excluding tert-OH is 13. The number of hydrogen-bond acceptors (Lipinski definition) is 22. The zero-order valence-electron chi connectivity index (χ0n) is 45.1. The quantitative estimate of drug-likeness (QED) is 0.0670. The van der Waals surface area contributed by atoms with Gasteiger partial charge in [0.25, 0.3) is 0 Å². The number of allylic oxidation sites excluding steroid dienone is 2. The van der Waals surface area contributed by atoms with Crippen LogP contribution in [0.25, 0.3) is 0 Å². The van der Waals surface area contributed by atoms with Crippen LogP contribution in [0.15, 0.2) is 11.6 Å². The van der Waals surface area contributed by atoms with Crippen LogP contribution in [0.3, 0.4) is 0 Å². The molecule has 8 fully saturated rings. The summed E-state index contributed by atoms with van der Waals surface area (Å²) in [4.78, 5) is 15.1. The molecule has 0 aromatic carbocycles. The maximum Gasteiger partial charge on any atom is 0.315 e. The molecule has 0 amide bonds. The number of ether oxygens (including phenoxy) is 8. The standard InChI is InChI=1S/C54H88O22/c1-23-32(57)36(61)41(66)45(70-23)75-43-39(64)34(59)27(21-56)72-47(43)74-31-12-13-51(6)29(50(31,4)5)11-14-53(8)30(51)10-9-24-25-19-49(2,3)15-17-54(25,18-16-52(24,53)7)48(68)76-46-42(67)38(63)35(60)28(73-46)22-69-44-40(65)37(62)33(58)26(20-55)71-44/h9,23,25-47,55-67H,10-22H2,1-8H3. The summed E-state index contributed by atoms with van der Waals surface area (Å²) >= 11 is 0. The minimum Gasteiger partial charge on any atom is -0.432 e. The van der Waals surface area contributed by atoms with E-state index >= 15 is 4.79 Å². The van der Waals surface area contributed by atoms with Crippen molar-refractivity contribution in [1.29, 1.82) is 0 Å². The van der Waals surface area contributed by atoms with Crippen LogP contribution in [0.4, 0.5) is 0 Å². The van der Waals surface area contributed by atoms with Gasteiger partial charge in [-0.3, -0.25) is 4.79 Å². The lowest BCUT2D eigenvalue weighted by atomic mass is 9.33. The fourth-order valence-corrected chi connectivity index (χ4v) is 16.4. The number of carbonyl (C=O) groups excluding carboxylic acids is 1. The lowest BCUT2D eigenvalue weighted by Gasteiger charge is -2.71. The number of esters is 1. The van der Waals surface area contributed by atoms with Crippen LogP contribution in [0.2, 0.25) is 0 Å². The highest BCUT2D eigenvalue weighted by Gasteiger charge is 2.70. The van der Waals surface area contributed by atoms with Gasteiger partial charge in [-0.05, 0) is 116 Å². The van der Waals surface area contributed by atoms with E-state index in [4.69, 9.17) is 37.9 Å². The minimum atomic E-state index is -1.83. The Balaban J connectivity index is 0.930. The first-order chi connectivity index (χ1) is 35.5. The molecule has 0 radical (unpaired) electrons. The smallest absolute Gasteiger partial charge is 0.315 e. The molecule has 0 aromatic heterocycles. The Morgan fingerprint density at radius 3 is 1.80 bits per heavy atom. The lowest BCUT2D eigenvalue weighted by molar-refractivity contribution is -0.376. The molecular formula is C54H88O22. The maximum absolute atomic E-state index is 15.1. The van der Waals surface area contributed by atoms with E-state index in [1.807, 2.05) is 0 Å². The Hall–Kier alpha value is -1.59. The SMILES string of the molecule is CC1OC(OC2C(OC3CCC4(C)C(CCC5(C)C4CC=C4C6CC(C)(C)CCC6(C(=O)OC6OC(COC7OC(CO)C(O)C(O)C7O)C(O)C(O)C6O)CCC45C)C3(C)C)OC(CO)C(O)C2O)C(O)C(O)C1O. The predicted octanol–water partition coefficient (Wildman–Crippen LogP) is -1.01. The van der Waals surface area contributed by atoms with Crippen LogP contribution in [-0.2, 0) is 42.7 Å². The van der Waals surface area contributed by atoms with Crippen LogP contribution in [0.1, 0.15) is 120 Å². The molecule has 4 aliphatic heterocycles. The van der Waals surface area contributed by atoms with E-state index < -0.39 is 166 Å². The van der Waals surface area contributed by atoms with Crippen LogP contribution < -0.4 is 0 Å². The predicted molar refractivity (Wildman–Crippen MR) is 261 cm³/mol. The van der Waals surface area contributed by atoms with Crippen LogP contribution in [-0.4, -0.2) is 221 Å². The molecule has 9 rings (SSSR count). The van der Waals surface area contributed by atoms with Crippen molar-refractivity contribution in [2.75, 3.05) is 19.8 Å². The van der Waals surface area contributed by atoms with Gasteiger partial charge >= 0.3 is 5.97 Å². The highest BCUT2D eigenvalue weighted by Crippen LogP contribution is 2.76. The molecule has 4 heterocycles. The Morgan fingerprint density at radius 2 is 1.14 bits per heavy atom. The van der Waals surface area contributed by atoms with Crippen molar-refractivity contribution in [3.63, 3.8) is 0 Å². The van der Waals surface area contributed by atoms with Crippen molar-refractivity contribution < 1.29 is 109 Å². The molecule has 0 bridgehead atoms. The Kier molecular flexibility index (Phi) is 16.6. The summed E-state index contributed by atoms with van der Waals surface area (Å²) in [7, 11) is 0. The maximum atomic E-state index is 15.1. The van der Waals surface area contributed by atoms with Crippen LogP contribution >= 0.6 is 0 Å². The first-order valence-corrected chi connectivity index (χ1v) is 27.7. The largest absolute Gasteiger partial charge is 0.432 e. The molecule has 76 heavy (non-hydrogen) atoms. The Labute approximate surface area is 444 Å². The minimum absolute atomic E-state index is 0.131. The normalized spacial score (nSPS) is 54.0. The number of fused-ring (bicyclic) bond motifs is 7. The van der Waals surface area contributed by atoms with Crippen LogP contribution in [0.5, 0.6) is 0 Å². The van der Waals surface area contributed by atoms with Gasteiger partial charge in [-0.1, -0.05) is 60.1 Å². The molecule has 0 aromatic rings. The molecule has 13 N–H and O–H groups in total. The number of hydrogen-bond donors (Lipinski definition) is 13. The molecule has 28 atom stereocenters. The molecular weight excluding hydrogens is 1000 g/mol. The van der Waals surface area contributed by atoms with Crippen molar-refractivity contribution in [1.82, 2.24) is 0 Å². The second kappa shape index (κ2) is 21.3. The van der Waals surface area contributed by atoms with Crippen molar-refractivity contribution in [2.24, 2.45) is 50.2 Å². The fraction of sp³-hybridized carbons (Fsp3) is 0.944. The zero-order chi connectivity index (χ0) is 55.6. The van der Waals surface area contributed by atoms with Gasteiger partial charge in [0.1, 0.15) is 91.6 Å². The average molecular weight is 1090 g/mol. The van der Waals surface area contributed by atoms with E-state index in [0.717, 1.165) is 32.1 Å². The second-order valence-electron chi connectivity index (χ2n) is 26.3. The van der Waals surface area contributed by atoms with Crippen molar-refractivity contribution in [3.05, 3.63) is 11.6 Å². The Bertz CT molecular complexity index is 2090. The van der Waals surface area contributed by atoms with Gasteiger partial charge in [-0.15, -0.1) is 0 Å². The third-order valence-electron chi connectivity index (χ3n) is 21.4. The van der Waals surface area contributed by atoms with Gasteiger partial charge in [-0.2, -0.15) is 0 Å². The third-order valence-corrected chi connectivity index (χ3v) is 21.4. The van der Waals surface area contributed by atoms with Gasteiger partial charge in [0.2, 0.25) is 6.29 Å². The molecule has 28 unspecified atom stereocenters. The van der Waals surface area contributed by atoms with E-state index in [1.54, 1.807) is 0 Å². The fourth-order valence-electron chi connectivity index (χ4n) is 16.4. The highest BCUT2D eigenvalue weighted by atomic mass is 16.8. The van der Waals surface area contributed by atoms with E-state index in [9.17, 15) is 66.4 Å². The van der Waals surface area contributed by atoms with Gasteiger partial charge in [0, 0.05) is 0 Å². The van der Waals surface area contributed by atoms with Crippen molar-refractivity contribution in [3.8, 4) is 0 Å². The number of rotatable bonds is 11. The van der Waals surface area contributed by atoms with Crippen molar-refractivity contribution >= 4 is 5.97 Å². The summed E-state index contributed by atoms with van der Waals surface area (Å²) in [5.74, 6) is -0.449. The lowest BCUT2D eigenvalue weighted by Crippen LogP contribution is -2.67. The van der Waals surface area contributed by atoms with Crippen molar-refractivity contribution in [2.45, 2.75) is 249 Å². The molecule has 4 saturated carbocycles. The molecule has 22 nitrogen and oxygen atoms in total. The van der Waals surface area contributed by atoms with E-state index in [2.05, 4.69) is 54.5 Å². The number of carbonyl (C=O) groups is 1. The average Bonchev–Trinajstić information content (AvgIpc) is 3.39. The molecule has 9 aliphatic rings. The highest BCUT2D eigenvalue weighted by molar-refractivity contribution is 5.79. The summed E-state index contributed by atoms with van der Waals surface area (Å²) in [5, 5.41) is 138. The van der Waals surface area contributed by atoms with E-state index in [0.29, 0.717) is 32.1 Å². The van der Waals surface area contributed by atoms with E-state index in [-0.39, 0.29) is 39.4 Å². The summed E-state index contributed by atoms with van der Waals surface area (Å²) in [6.07, 6.45) is -21.9.